The van der Waals surface area contributed by atoms with Gasteiger partial charge in [0.2, 0.25) is 0 Å². The Hall–Kier alpha value is -0.900. The average molecular weight is 207 g/mol. The van der Waals surface area contributed by atoms with E-state index in [0.29, 0.717) is 11.8 Å². The molecule has 0 aromatic carbocycles. The van der Waals surface area contributed by atoms with Crippen molar-refractivity contribution in [1.82, 2.24) is 14.8 Å². The number of hydrogen-bond acceptors (Lipinski definition) is 3. The highest BCUT2D eigenvalue weighted by atomic mass is 16.5. The van der Waals surface area contributed by atoms with Gasteiger partial charge in [-0.15, -0.1) is 0 Å². The summed E-state index contributed by atoms with van der Waals surface area (Å²) >= 11 is 0. The van der Waals surface area contributed by atoms with Gasteiger partial charge in [-0.3, -0.25) is 0 Å². The van der Waals surface area contributed by atoms with Crippen molar-refractivity contribution in [3.05, 3.63) is 11.6 Å². The Labute approximate surface area is 89.6 Å². The van der Waals surface area contributed by atoms with Crippen LogP contribution in [0.2, 0.25) is 0 Å². The first kappa shape index (κ1) is 9.33. The second kappa shape index (κ2) is 3.59. The van der Waals surface area contributed by atoms with Crippen molar-refractivity contribution in [1.29, 1.82) is 0 Å². The van der Waals surface area contributed by atoms with Crippen LogP contribution in [-0.4, -0.2) is 28.0 Å². The van der Waals surface area contributed by atoms with Crippen LogP contribution in [0.1, 0.15) is 49.7 Å². The molecule has 4 heteroatoms. The zero-order valence-corrected chi connectivity index (χ0v) is 9.15. The van der Waals surface area contributed by atoms with Crippen LogP contribution in [0.3, 0.4) is 0 Å². The van der Waals surface area contributed by atoms with E-state index in [-0.39, 0.29) is 0 Å². The lowest BCUT2D eigenvalue weighted by Gasteiger charge is -2.17. The monoisotopic (exact) mass is 207 g/mol. The zero-order chi connectivity index (χ0) is 10.3. The Morgan fingerprint density at radius 2 is 2.33 bits per heavy atom. The molecule has 0 N–H and O–H groups in total. The summed E-state index contributed by atoms with van der Waals surface area (Å²) in [6, 6.07) is 0. The van der Waals surface area contributed by atoms with E-state index in [1.165, 1.54) is 18.7 Å². The van der Waals surface area contributed by atoms with Gasteiger partial charge in [-0.25, -0.2) is 9.67 Å². The molecule has 4 nitrogen and oxygen atoms in total. The Bertz CT molecular complexity index is 355. The lowest BCUT2D eigenvalue weighted by molar-refractivity contribution is 0.193. The fraction of sp³-hybridized carbons (Fsp3) is 0.818. The second-order valence-corrected chi connectivity index (χ2v) is 4.66. The van der Waals surface area contributed by atoms with Crippen LogP contribution in [0.5, 0.6) is 0 Å². The van der Waals surface area contributed by atoms with Crippen molar-refractivity contribution in [2.24, 2.45) is 0 Å². The highest BCUT2D eigenvalue weighted by Crippen LogP contribution is 2.28. The van der Waals surface area contributed by atoms with Crippen molar-refractivity contribution in [2.75, 3.05) is 13.2 Å². The van der Waals surface area contributed by atoms with Gasteiger partial charge in [0, 0.05) is 25.0 Å². The molecule has 0 amide bonds. The SMILES string of the molecule is CC1CCCn2nc(C3CCOC3)nc21. The third-order valence-electron chi connectivity index (χ3n) is 3.46. The highest BCUT2D eigenvalue weighted by Gasteiger charge is 2.26. The summed E-state index contributed by atoms with van der Waals surface area (Å²) in [7, 11) is 0. The molecule has 0 bridgehead atoms. The number of hydrogen-bond donors (Lipinski definition) is 0. The summed E-state index contributed by atoms with van der Waals surface area (Å²) in [5, 5.41) is 4.61. The van der Waals surface area contributed by atoms with Crippen molar-refractivity contribution in [3.8, 4) is 0 Å². The van der Waals surface area contributed by atoms with Crippen LogP contribution in [0.4, 0.5) is 0 Å². The van der Waals surface area contributed by atoms with E-state index in [1.807, 2.05) is 0 Å². The first-order valence-electron chi connectivity index (χ1n) is 5.87. The largest absolute Gasteiger partial charge is 0.381 e. The van der Waals surface area contributed by atoms with E-state index >= 15 is 0 Å². The molecule has 1 saturated heterocycles. The fourth-order valence-electron chi connectivity index (χ4n) is 2.49. The molecule has 2 atom stereocenters. The molecule has 3 heterocycles. The minimum absolute atomic E-state index is 0.440. The zero-order valence-electron chi connectivity index (χ0n) is 9.15. The molecule has 2 aliphatic rings. The molecule has 0 radical (unpaired) electrons. The van der Waals surface area contributed by atoms with E-state index in [1.54, 1.807) is 0 Å². The van der Waals surface area contributed by atoms with E-state index in [2.05, 4.69) is 21.7 Å². The Balaban J connectivity index is 1.90. The maximum atomic E-state index is 5.38. The normalized spacial score (nSPS) is 30.5. The fourth-order valence-corrected chi connectivity index (χ4v) is 2.49. The molecule has 1 aromatic heterocycles. The summed E-state index contributed by atoms with van der Waals surface area (Å²) in [6.07, 6.45) is 3.56. The van der Waals surface area contributed by atoms with Crippen LogP contribution < -0.4 is 0 Å². The molecule has 2 unspecified atom stereocenters. The second-order valence-electron chi connectivity index (χ2n) is 4.66. The lowest BCUT2D eigenvalue weighted by atomic mass is 10.0. The van der Waals surface area contributed by atoms with E-state index in [4.69, 9.17) is 4.74 Å². The van der Waals surface area contributed by atoms with Gasteiger partial charge in [-0.1, -0.05) is 6.92 Å². The maximum Gasteiger partial charge on any atom is 0.156 e. The number of ether oxygens (including phenoxy) is 1. The predicted octanol–water partition coefficient (Wildman–Crippen LogP) is 1.68. The number of fused-ring (bicyclic) bond motifs is 1. The number of aryl methyl sites for hydroxylation is 1. The van der Waals surface area contributed by atoms with Crippen molar-refractivity contribution in [2.45, 2.75) is 44.6 Å². The molecule has 0 saturated carbocycles. The Kier molecular flexibility index (Phi) is 2.24. The van der Waals surface area contributed by atoms with Crippen molar-refractivity contribution >= 4 is 0 Å². The summed E-state index contributed by atoms with van der Waals surface area (Å²) in [5.74, 6) is 3.21. The average Bonchev–Trinajstić information content (AvgIpc) is 2.86. The summed E-state index contributed by atoms with van der Waals surface area (Å²) in [5.41, 5.74) is 0. The van der Waals surface area contributed by atoms with Crippen LogP contribution >= 0.6 is 0 Å². The third kappa shape index (κ3) is 1.57. The third-order valence-corrected chi connectivity index (χ3v) is 3.46. The van der Waals surface area contributed by atoms with Crippen molar-refractivity contribution < 1.29 is 4.74 Å². The number of aromatic nitrogens is 3. The molecule has 1 aromatic rings. The van der Waals surface area contributed by atoms with Crippen LogP contribution in [0.15, 0.2) is 0 Å². The Morgan fingerprint density at radius 1 is 1.40 bits per heavy atom. The predicted molar refractivity (Wildman–Crippen MR) is 55.8 cm³/mol. The van der Waals surface area contributed by atoms with Gasteiger partial charge in [0.15, 0.2) is 5.82 Å². The molecule has 3 rings (SSSR count). The highest BCUT2D eigenvalue weighted by molar-refractivity contribution is 5.06. The molecule has 0 spiro atoms. The summed E-state index contributed by atoms with van der Waals surface area (Å²) < 4.78 is 7.48. The van der Waals surface area contributed by atoms with E-state index in [9.17, 15) is 0 Å². The minimum atomic E-state index is 0.440. The number of nitrogens with zero attached hydrogens (tertiary/aromatic N) is 3. The van der Waals surface area contributed by atoms with Gasteiger partial charge in [-0.2, -0.15) is 5.10 Å². The molecular formula is C11H17N3O. The standard InChI is InChI=1S/C11H17N3O/c1-8-3-2-5-14-11(8)12-10(13-14)9-4-6-15-7-9/h8-9H,2-7H2,1H3. The van der Waals surface area contributed by atoms with Gasteiger partial charge in [0.05, 0.1) is 6.61 Å². The van der Waals surface area contributed by atoms with Gasteiger partial charge in [-0.05, 0) is 19.3 Å². The maximum absolute atomic E-state index is 5.38. The van der Waals surface area contributed by atoms with Crippen molar-refractivity contribution in [3.63, 3.8) is 0 Å². The quantitative estimate of drug-likeness (QED) is 0.703. The molecule has 2 aliphatic heterocycles. The van der Waals surface area contributed by atoms with E-state index in [0.717, 1.165) is 32.0 Å². The first-order valence-corrected chi connectivity index (χ1v) is 5.87. The van der Waals surface area contributed by atoms with Gasteiger partial charge in [0.1, 0.15) is 5.82 Å². The van der Waals surface area contributed by atoms with E-state index < -0.39 is 0 Å². The molecule has 0 aliphatic carbocycles. The Morgan fingerprint density at radius 3 is 3.07 bits per heavy atom. The van der Waals surface area contributed by atoms with Gasteiger partial charge >= 0.3 is 0 Å². The minimum Gasteiger partial charge on any atom is -0.381 e. The molecule has 15 heavy (non-hydrogen) atoms. The molecule has 82 valence electrons. The summed E-state index contributed by atoms with van der Waals surface area (Å²) in [4.78, 5) is 4.69. The number of rotatable bonds is 1. The molecular weight excluding hydrogens is 190 g/mol. The van der Waals surface area contributed by atoms with Gasteiger partial charge < -0.3 is 4.74 Å². The van der Waals surface area contributed by atoms with Crippen LogP contribution in [0.25, 0.3) is 0 Å². The van der Waals surface area contributed by atoms with Gasteiger partial charge in [0.25, 0.3) is 0 Å². The lowest BCUT2D eigenvalue weighted by Crippen LogP contribution is -2.14. The summed E-state index contributed by atoms with van der Waals surface area (Å²) in [6.45, 7) is 4.96. The smallest absolute Gasteiger partial charge is 0.156 e. The first-order chi connectivity index (χ1) is 7.34. The van der Waals surface area contributed by atoms with Crippen LogP contribution in [-0.2, 0) is 11.3 Å². The topological polar surface area (TPSA) is 39.9 Å². The van der Waals surface area contributed by atoms with Crippen LogP contribution in [0, 0.1) is 0 Å². The molecule has 1 fully saturated rings.